The molecule has 1 N–H and O–H groups in total. The Morgan fingerprint density at radius 3 is 2.55 bits per heavy atom. The number of nitro groups is 1. The number of piperazine rings is 1. The van der Waals surface area contributed by atoms with Crippen molar-refractivity contribution in [3.05, 3.63) is 62.5 Å². The number of hydrogen-bond acceptors (Lipinski definition) is 6. The highest BCUT2D eigenvalue weighted by molar-refractivity contribution is 6.00. The van der Waals surface area contributed by atoms with E-state index in [0.29, 0.717) is 56.1 Å². The van der Waals surface area contributed by atoms with E-state index in [1.165, 1.54) is 13.2 Å². The van der Waals surface area contributed by atoms with E-state index in [1.807, 2.05) is 13.0 Å². The molecule has 1 aliphatic rings. The number of amides is 1. The van der Waals surface area contributed by atoms with Gasteiger partial charge in [-0.2, -0.15) is 0 Å². The van der Waals surface area contributed by atoms with Crippen molar-refractivity contribution in [3.8, 4) is 0 Å². The molecule has 1 aliphatic heterocycles. The lowest BCUT2D eigenvalue weighted by Crippen LogP contribution is -2.48. The summed E-state index contributed by atoms with van der Waals surface area (Å²) in [6.45, 7) is 6.81. The van der Waals surface area contributed by atoms with E-state index in [0.717, 1.165) is 17.5 Å². The van der Waals surface area contributed by atoms with Gasteiger partial charge in [0, 0.05) is 50.6 Å². The maximum Gasteiger partial charge on any atom is 0.339 e. The fraction of sp³-hybridized carbons (Fsp3) is 0.455. The number of esters is 1. The summed E-state index contributed by atoms with van der Waals surface area (Å²) < 4.78 is 4.90. The highest BCUT2D eigenvalue weighted by Gasteiger charge is 2.29. The average Bonchev–Trinajstić information content (AvgIpc) is 3.09. The van der Waals surface area contributed by atoms with Crippen molar-refractivity contribution < 1.29 is 19.2 Å². The number of rotatable bonds is 7. The molecule has 0 saturated carbocycles. The third kappa shape index (κ3) is 4.93. The molecule has 0 spiro atoms. The predicted octanol–water partition coefficient (Wildman–Crippen LogP) is 2.93. The molecule has 2 aromatic rings. The van der Waals surface area contributed by atoms with E-state index in [1.54, 1.807) is 24.0 Å². The van der Waals surface area contributed by atoms with Crippen LogP contribution in [0.3, 0.4) is 0 Å². The van der Waals surface area contributed by atoms with E-state index >= 15 is 0 Å². The van der Waals surface area contributed by atoms with E-state index in [4.69, 9.17) is 4.74 Å². The van der Waals surface area contributed by atoms with Crippen LogP contribution < -0.4 is 0 Å². The molecule has 0 unspecified atom stereocenters. The molecule has 3 rings (SSSR count). The van der Waals surface area contributed by atoms with Crippen LogP contribution in [0.25, 0.3) is 0 Å². The number of carbonyl (C=O) groups excluding carboxylic acids is 2. The van der Waals surface area contributed by atoms with Crippen LogP contribution >= 0.6 is 0 Å². The number of carbonyl (C=O) groups is 2. The van der Waals surface area contributed by atoms with Crippen LogP contribution in [0.4, 0.5) is 5.69 Å². The second kappa shape index (κ2) is 9.74. The van der Waals surface area contributed by atoms with E-state index in [-0.39, 0.29) is 11.6 Å². The number of aryl methyl sites for hydroxylation is 1. The number of nitrogens with one attached hydrogen (secondary N) is 1. The van der Waals surface area contributed by atoms with Gasteiger partial charge in [-0.05, 0) is 24.5 Å². The number of hydrogen-bond donors (Lipinski definition) is 1. The Balaban J connectivity index is 1.68. The minimum absolute atomic E-state index is 0.0818. The molecule has 0 radical (unpaired) electrons. The summed E-state index contributed by atoms with van der Waals surface area (Å²) in [5, 5.41) is 11.0. The van der Waals surface area contributed by atoms with Gasteiger partial charge in [0.1, 0.15) is 5.69 Å². The summed E-state index contributed by atoms with van der Waals surface area (Å²) in [7, 11) is 1.34. The summed E-state index contributed by atoms with van der Waals surface area (Å²) >= 11 is 0. The van der Waals surface area contributed by atoms with Gasteiger partial charge < -0.3 is 14.6 Å². The summed E-state index contributed by atoms with van der Waals surface area (Å²) in [5.74, 6) is -0.547. The quantitative estimate of drug-likeness (QED) is 0.413. The summed E-state index contributed by atoms with van der Waals surface area (Å²) in [4.78, 5) is 43.1. The molecule has 0 aliphatic carbocycles. The third-order valence-corrected chi connectivity index (χ3v) is 5.58. The minimum Gasteiger partial charge on any atom is -0.465 e. The zero-order valence-corrected chi connectivity index (χ0v) is 18.1. The van der Waals surface area contributed by atoms with Crippen LogP contribution in [0.5, 0.6) is 0 Å². The summed E-state index contributed by atoms with van der Waals surface area (Å²) in [6, 6.07) is 6.63. The van der Waals surface area contributed by atoms with Gasteiger partial charge in [0.2, 0.25) is 0 Å². The lowest BCUT2D eigenvalue weighted by atomic mass is 10.0. The molecule has 0 atom stereocenters. The summed E-state index contributed by atoms with van der Waals surface area (Å²) in [5.41, 5.74) is 3.24. The van der Waals surface area contributed by atoms with E-state index in [2.05, 4.69) is 9.88 Å². The monoisotopic (exact) mass is 428 g/mol. The van der Waals surface area contributed by atoms with Crippen molar-refractivity contribution in [1.29, 1.82) is 0 Å². The van der Waals surface area contributed by atoms with E-state index in [9.17, 15) is 19.7 Å². The Morgan fingerprint density at radius 1 is 1.23 bits per heavy atom. The van der Waals surface area contributed by atoms with Crippen molar-refractivity contribution in [3.63, 3.8) is 0 Å². The maximum atomic E-state index is 13.2. The number of non-ortho nitro benzene ring substituents is 1. The summed E-state index contributed by atoms with van der Waals surface area (Å²) in [6.07, 6.45) is 1.42. The van der Waals surface area contributed by atoms with E-state index < -0.39 is 10.9 Å². The highest BCUT2D eigenvalue weighted by Crippen LogP contribution is 2.24. The number of ether oxygens (including phenoxy) is 1. The van der Waals surface area contributed by atoms with Crippen LogP contribution in [0, 0.1) is 17.0 Å². The first-order valence-electron chi connectivity index (χ1n) is 10.4. The van der Waals surface area contributed by atoms with Gasteiger partial charge >= 0.3 is 5.97 Å². The molecule has 9 nitrogen and oxygen atoms in total. The molecule has 1 saturated heterocycles. The average molecular weight is 428 g/mol. The lowest BCUT2D eigenvalue weighted by Gasteiger charge is -2.34. The molecule has 2 heterocycles. The number of nitro benzene ring substituents is 1. The number of H-pyrrole nitrogens is 1. The van der Waals surface area contributed by atoms with Gasteiger partial charge in [-0.15, -0.1) is 0 Å². The normalized spacial score (nSPS) is 14.5. The van der Waals surface area contributed by atoms with Crippen molar-refractivity contribution in [2.24, 2.45) is 0 Å². The molecule has 0 bridgehead atoms. The Morgan fingerprint density at radius 2 is 1.94 bits per heavy atom. The fourth-order valence-electron chi connectivity index (χ4n) is 4.03. The van der Waals surface area contributed by atoms with Gasteiger partial charge in [0.05, 0.1) is 17.6 Å². The SMILES string of the molecule is CCCc1c(C(=O)N2CCN(Cc3cccc([N+](=O)[O-])c3)CC2)[nH]c(C)c1C(=O)OC. The van der Waals surface area contributed by atoms with Crippen LogP contribution in [-0.4, -0.2) is 64.9 Å². The second-order valence-electron chi connectivity index (χ2n) is 7.72. The highest BCUT2D eigenvalue weighted by atomic mass is 16.6. The first-order chi connectivity index (χ1) is 14.8. The van der Waals surface area contributed by atoms with Crippen molar-refractivity contribution in [2.75, 3.05) is 33.3 Å². The van der Waals surface area contributed by atoms with Gasteiger partial charge in [0.25, 0.3) is 11.6 Å². The minimum atomic E-state index is -0.432. The smallest absolute Gasteiger partial charge is 0.339 e. The van der Waals surface area contributed by atoms with Crippen LogP contribution in [-0.2, 0) is 17.7 Å². The Bertz CT molecular complexity index is 976. The first-order valence-corrected chi connectivity index (χ1v) is 10.4. The van der Waals surface area contributed by atoms with Crippen LogP contribution in [0.1, 0.15) is 51.0 Å². The fourth-order valence-corrected chi connectivity index (χ4v) is 4.03. The maximum absolute atomic E-state index is 13.2. The molecular weight excluding hydrogens is 400 g/mol. The number of aromatic nitrogens is 1. The van der Waals surface area contributed by atoms with Crippen molar-refractivity contribution in [1.82, 2.24) is 14.8 Å². The standard InChI is InChI=1S/C22H28N4O5/c1-4-6-18-19(22(28)31-3)15(2)23-20(18)21(27)25-11-9-24(10-12-25)14-16-7-5-8-17(13-16)26(29)30/h5,7-8,13,23H,4,6,9-12,14H2,1-3H3. The Labute approximate surface area is 181 Å². The number of methoxy groups -OCH3 is 1. The molecular formula is C22H28N4O5. The molecule has 31 heavy (non-hydrogen) atoms. The van der Waals surface area contributed by atoms with Crippen LogP contribution in [0.2, 0.25) is 0 Å². The molecule has 166 valence electrons. The largest absolute Gasteiger partial charge is 0.465 e. The first kappa shape index (κ1) is 22.5. The second-order valence-corrected chi connectivity index (χ2v) is 7.72. The molecule has 1 aromatic heterocycles. The Hall–Kier alpha value is -3.20. The zero-order valence-electron chi connectivity index (χ0n) is 18.1. The van der Waals surface area contributed by atoms with Crippen LogP contribution in [0.15, 0.2) is 24.3 Å². The van der Waals surface area contributed by atoms with Crippen molar-refractivity contribution >= 4 is 17.6 Å². The van der Waals surface area contributed by atoms with Gasteiger partial charge in [-0.1, -0.05) is 25.5 Å². The number of aromatic amines is 1. The molecule has 1 aromatic carbocycles. The molecule has 9 heteroatoms. The van der Waals surface area contributed by atoms with Crippen molar-refractivity contribution in [2.45, 2.75) is 33.2 Å². The van der Waals surface area contributed by atoms with Gasteiger partial charge in [0.15, 0.2) is 0 Å². The predicted molar refractivity (Wildman–Crippen MR) is 115 cm³/mol. The van der Waals surface area contributed by atoms with Gasteiger partial charge in [-0.3, -0.25) is 19.8 Å². The molecule has 1 fully saturated rings. The lowest BCUT2D eigenvalue weighted by molar-refractivity contribution is -0.384. The Kier molecular flexibility index (Phi) is 7.06. The number of benzene rings is 1. The third-order valence-electron chi connectivity index (χ3n) is 5.58. The van der Waals surface area contributed by atoms with Gasteiger partial charge in [-0.25, -0.2) is 4.79 Å². The topological polar surface area (TPSA) is 109 Å². The zero-order chi connectivity index (χ0) is 22.5. The molecule has 1 amide bonds. The number of nitrogens with zero attached hydrogens (tertiary/aromatic N) is 3.